The zero-order valence-corrected chi connectivity index (χ0v) is 34.7. The molecule has 3 nitrogen and oxygen atoms in total. The minimum absolute atomic E-state index is 0.257. The van der Waals surface area contributed by atoms with Crippen molar-refractivity contribution in [2.45, 2.75) is 12.3 Å². The first-order chi connectivity index (χ1) is 31.1. The van der Waals surface area contributed by atoms with E-state index in [4.69, 9.17) is 14.4 Å². The summed E-state index contributed by atoms with van der Waals surface area (Å²) in [7, 11) is 0. The monoisotopic (exact) mass is 804 g/mol. The van der Waals surface area contributed by atoms with Crippen molar-refractivity contribution in [3.63, 3.8) is 0 Å². The van der Waals surface area contributed by atoms with E-state index < -0.39 is 0 Å². The van der Waals surface area contributed by atoms with Crippen LogP contribution in [0.4, 0.5) is 0 Å². The summed E-state index contributed by atoms with van der Waals surface area (Å²) in [6.07, 6.45) is 0. The normalized spacial score (nSPS) is 14.2. The van der Waals surface area contributed by atoms with Crippen molar-refractivity contribution < 1.29 is 4.42 Å². The highest BCUT2D eigenvalue weighted by molar-refractivity contribution is 6.09. The number of para-hydroxylation sites is 2. The zero-order valence-electron chi connectivity index (χ0n) is 34.7. The Kier molecular flexibility index (Phi) is 8.62. The summed E-state index contributed by atoms with van der Waals surface area (Å²) in [6, 6.07) is 80.1. The molecule has 2 heterocycles. The van der Waals surface area contributed by atoms with Gasteiger partial charge in [0.25, 0.3) is 0 Å². The Bertz CT molecular complexity index is 3500. The second-order valence-electron chi connectivity index (χ2n) is 16.6. The quantitative estimate of drug-likeness (QED) is 0.161. The molecule has 296 valence electrons. The van der Waals surface area contributed by atoms with Crippen molar-refractivity contribution in [1.29, 1.82) is 0 Å². The molecule has 0 bridgehead atoms. The van der Waals surface area contributed by atoms with Gasteiger partial charge in [-0.25, -0.2) is 9.97 Å². The van der Waals surface area contributed by atoms with Crippen LogP contribution in [0.2, 0.25) is 0 Å². The molecule has 11 aromatic rings. The number of furan rings is 1. The van der Waals surface area contributed by atoms with Crippen LogP contribution in [0.5, 0.6) is 0 Å². The SMILES string of the molecule is CC1(c2ccccc2)c2ccccc2-c2cc(-c3cc(-c4ccccc4)cc(-c4cc(-c5ccc(-c6cccc7c6oc6ccccc67)cc5)nc(-c5ccccc5)n4)c3)ccc21. The average molecular weight is 805 g/mol. The van der Waals surface area contributed by atoms with Gasteiger partial charge in [-0.15, -0.1) is 0 Å². The van der Waals surface area contributed by atoms with Gasteiger partial charge < -0.3 is 4.42 Å². The standard InChI is InChI=1S/C60H40N2O/c1-60(47-20-9-4-10-21-47)53-26-13-11-22-49(53)52-37-43(32-33-54(52)60)45-34-44(39-16-5-2-6-17-39)35-46(36-45)56-38-55(61-59(62-56)42-18-7-3-8-19-42)41-30-28-40(29-31-41)48-24-15-25-51-50-23-12-14-27-57(50)63-58(48)51/h2-38H,1H3. The van der Waals surface area contributed by atoms with Crippen LogP contribution in [0, 0.1) is 0 Å². The summed E-state index contributed by atoms with van der Waals surface area (Å²) < 4.78 is 6.41. The number of aromatic nitrogens is 2. The molecular weight excluding hydrogens is 765 g/mol. The lowest BCUT2D eigenvalue weighted by atomic mass is 9.74. The molecule has 2 aromatic heterocycles. The van der Waals surface area contributed by atoms with E-state index in [9.17, 15) is 0 Å². The van der Waals surface area contributed by atoms with Gasteiger partial charge in [0.2, 0.25) is 0 Å². The predicted molar refractivity (Wildman–Crippen MR) is 259 cm³/mol. The van der Waals surface area contributed by atoms with Gasteiger partial charge in [-0.05, 0) is 99.0 Å². The van der Waals surface area contributed by atoms with Gasteiger partial charge in [-0.1, -0.05) is 188 Å². The van der Waals surface area contributed by atoms with E-state index in [0.717, 1.165) is 83.4 Å². The van der Waals surface area contributed by atoms with Crippen molar-refractivity contribution >= 4 is 21.9 Å². The van der Waals surface area contributed by atoms with Gasteiger partial charge in [-0.3, -0.25) is 0 Å². The van der Waals surface area contributed by atoms with Gasteiger partial charge in [0.05, 0.1) is 11.4 Å². The zero-order chi connectivity index (χ0) is 41.9. The fourth-order valence-corrected chi connectivity index (χ4v) is 9.76. The van der Waals surface area contributed by atoms with Crippen molar-refractivity contribution in [2.75, 3.05) is 0 Å². The van der Waals surface area contributed by atoms with Crippen molar-refractivity contribution in [3.8, 4) is 78.4 Å². The molecular formula is C60H40N2O. The first kappa shape index (κ1) is 36.7. The Hall–Kier alpha value is -8.14. The van der Waals surface area contributed by atoms with E-state index in [2.05, 4.69) is 201 Å². The van der Waals surface area contributed by atoms with E-state index in [1.54, 1.807) is 0 Å². The van der Waals surface area contributed by atoms with Gasteiger partial charge in [0, 0.05) is 38.4 Å². The summed E-state index contributed by atoms with van der Waals surface area (Å²) in [5.41, 5.74) is 19.5. The molecule has 0 fully saturated rings. The molecule has 1 aliphatic rings. The highest BCUT2D eigenvalue weighted by atomic mass is 16.3. The summed E-state index contributed by atoms with van der Waals surface area (Å²) in [5.74, 6) is 0.681. The molecule has 0 N–H and O–H groups in total. The first-order valence-electron chi connectivity index (χ1n) is 21.6. The maximum absolute atomic E-state index is 6.41. The Balaban J connectivity index is 0.999. The Morgan fingerprint density at radius 2 is 0.905 bits per heavy atom. The summed E-state index contributed by atoms with van der Waals surface area (Å²) in [6.45, 7) is 2.37. The topological polar surface area (TPSA) is 38.9 Å². The summed E-state index contributed by atoms with van der Waals surface area (Å²) in [5, 5.41) is 2.24. The third-order valence-electron chi connectivity index (χ3n) is 13.0. The van der Waals surface area contributed by atoms with Crippen LogP contribution in [0.25, 0.3) is 100 Å². The molecule has 1 aliphatic carbocycles. The number of hydrogen-bond acceptors (Lipinski definition) is 3. The molecule has 0 radical (unpaired) electrons. The maximum atomic E-state index is 6.41. The maximum Gasteiger partial charge on any atom is 0.160 e. The molecule has 63 heavy (non-hydrogen) atoms. The number of fused-ring (bicyclic) bond motifs is 6. The van der Waals surface area contributed by atoms with Crippen molar-refractivity contribution in [3.05, 3.63) is 241 Å². The number of rotatable bonds is 7. The number of benzene rings is 9. The number of nitrogens with zero attached hydrogens (tertiary/aromatic N) is 2. The van der Waals surface area contributed by atoms with E-state index in [1.807, 2.05) is 30.3 Å². The van der Waals surface area contributed by atoms with Gasteiger partial charge in [-0.2, -0.15) is 0 Å². The van der Waals surface area contributed by atoms with Gasteiger partial charge in [0.1, 0.15) is 11.2 Å². The molecule has 1 unspecified atom stereocenters. The van der Waals surface area contributed by atoms with Crippen LogP contribution in [-0.4, -0.2) is 9.97 Å². The molecule has 9 aromatic carbocycles. The van der Waals surface area contributed by atoms with E-state index in [0.29, 0.717) is 5.82 Å². The van der Waals surface area contributed by atoms with Crippen LogP contribution in [0.15, 0.2) is 229 Å². The van der Waals surface area contributed by atoms with Gasteiger partial charge >= 0.3 is 0 Å². The van der Waals surface area contributed by atoms with Crippen LogP contribution < -0.4 is 0 Å². The lowest BCUT2D eigenvalue weighted by Crippen LogP contribution is -2.22. The lowest BCUT2D eigenvalue weighted by molar-refractivity contribution is 0.670. The molecule has 12 rings (SSSR count). The fourth-order valence-electron chi connectivity index (χ4n) is 9.76. The molecule has 0 aliphatic heterocycles. The summed E-state index contributed by atoms with van der Waals surface area (Å²) in [4.78, 5) is 10.5. The molecule has 0 saturated carbocycles. The summed E-state index contributed by atoms with van der Waals surface area (Å²) >= 11 is 0. The second kappa shape index (κ2) is 14.8. The third-order valence-corrected chi connectivity index (χ3v) is 13.0. The van der Waals surface area contributed by atoms with Crippen molar-refractivity contribution in [1.82, 2.24) is 9.97 Å². The second-order valence-corrected chi connectivity index (χ2v) is 16.6. The Morgan fingerprint density at radius 3 is 1.68 bits per heavy atom. The van der Waals surface area contributed by atoms with Crippen molar-refractivity contribution in [2.24, 2.45) is 0 Å². The van der Waals surface area contributed by atoms with E-state index in [1.165, 1.54) is 27.8 Å². The predicted octanol–water partition coefficient (Wildman–Crippen LogP) is 15.7. The lowest BCUT2D eigenvalue weighted by Gasteiger charge is -2.28. The molecule has 3 heteroatoms. The minimum atomic E-state index is -0.257. The van der Waals surface area contributed by atoms with E-state index >= 15 is 0 Å². The Labute approximate surface area is 366 Å². The molecule has 0 amide bonds. The van der Waals surface area contributed by atoms with Gasteiger partial charge in [0.15, 0.2) is 5.82 Å². The van der Waals surface area contributed by atoms with Crippen LogP contribution in [0.1, 0.15) is 23.6 Å². The molecule has 1 atom stereocenters. The molecule has 0 saturated heterocycles. The molecule has 0 spiro atoms. The third kappa shape index (κ3) is 6.20. The number of hydrogen-bond donors (Lipinski definition) is 0. The first-order valence-corrected chi connectivity index (χ1v) is 21.6. The minimum Gasteiger partial charge on any atom is -0.455 e. The van der Waals surface area contributed by atoms with E-state index in [-0.39, 0.29) is 5.41 Å². The Morgan fingerprint density at radius 1 is 0.349 bits per heavy atom. The average Bonchev–Trinajstić information content (AvgIpc) is 3.87. The van der Waals surface area contributed by atoms with Crippen LogP contribution in [-0.2, 0) is 5.41 Å². The highest BCUT2D eigenvalue weighted by Crippen LogP contribution is 2.53. The largest absolute Gasteiger partial charge is 0.455 e. The smallest absolute Gasteiger partial charge is 0.160 e. The fraction of sp³-hybridized carbons (Fsp3) is 0.0333. The highest BCUT2D eigenvalue weighted by Gasteiger charge is 2.40. The van der Waals surface area contributed by atoms with Crippen LogP contribution in [0.3, 0.4) is 0 Å². The van der Waals surface area contributed by atoms with Crippen LogP contribution >= 0.6 is 0 Å².